The standard InChI is InChI=1S/2C7H11NS2.Zn/c2*1-3-5-8(6-4-2)7(9)10;/h2*3-4H,1-2,5-6H2,(H,9,10);/p-2. The average molecular weight is 410 g/mol. The molecule has 0 amide bonds. The van der Waals surface area contributed by atoms with E-state index >= 15 is 0 Å². The van der Waals surface area contributed by atoms with Gasteiger partial charge in [0.15, 0.2) is 0 Å². The molecule has 0 saturated heterocycles. The van der Waals surface area contributed by atoms with Gasteiger partial charge in [-0.05, 0) is 0 Å². The SMILES string of the molecule is C=CCN(CC=C)C(=S)[S-].C=CCN(CC=C)C(=S)[S-].[Zn]. The molecule has 0 spiro atoms. The summed E-state index contributed by atoms with van der Waals surface area (Å²) in [6.07, 6.45) is 7.06. The van der Waals surface area contributed by atoms with Gasteiger partial charge in [0, 0.05) is 45.7 Å². The first-order valence-electron chi connectivity index (χ1n) is 5.79. The van der Waals surface area contributed by atoms with Crippen molar-refractivity contribution in [1.29, 1.82) is 0 Å². The van der Waals surface area contributed by atoms with Gasteiger partial charge in [-0.2, -0.15) is 0 Å². The van der Waals surface area contributed by atoms with Crippen LogP contribution >= 0.6 is 24.4 Å². The Balaban J connectivity index is -0.000000295. The van der Waals surface area contributed by atoms with Gasteiger partial charge < -0.3 is 59.5 Å². The van der Waals surface area contributed by atoms with Gasteiger partial charge in [0.05, 0.1) is 0 Å². The summed E-state index contributed by atoms with van der Waals surface area (Å²) >= 11 is 19.2. The number of hydrogen-bond acceptors (Lipinski definition) is 4. The maximum Gasteiger partial charge on any atom is 0.0344 e. The Morgan fingerprint density at radius 3 is 1.00 bits per heavy atom. The van der Waals surface area contributed by atoms with Crippen molar-refractivity contribution in [3.05, 3.63) is 50.6 Å². The fraction of sp³-hybridized carbons (Fsp3) is 0.286. The van der Waals surface area contributed by atoms with Crippen LogP contribution in [0.4, 0.5) is 0 Å². The molecule has 0 aliphatic rings. The molecule has 0 saturated carbocycles. The zero-order valence-electron chi connectivity index (χ0n) is 12.2. The first-order valence-corrected chi connectivity index (χ1v) is 7.43. The molecule has 0 atom stereocenters. The quantitative estimate of drug-likeness (QED) is 0.261. The van der Waals surface area contributed by atoms with E-state index in [0.29, 0.717) is 34.8 Å². The first-order chi connectivity index (χ1) is 9.44. The van der Waals surface area contributed by atoms with Gasteiger partial charge in [-0.15, -0.1) is 26.3 Å². The molecular weight excluding hydrogens is 390 g/mol. The number of hydrogen-bond donors (Lipinski definition) is 0. The molecule has 0 N–H and O–H groups in total. The number of nitrogens with zero attached hydrogens (tertiary/aromatic N) is 2. The van der Waals surface area contributed by atoms with Crippen LogP contribution in [-0.2, 0) is 44.7 Å². The molecule has 7 heteroatoms. The van der Waals surface area contributed by atoms with Crippen LogP contribution in [0.1, 0.15) is 0 Å². The van der Waals surface area contributed by atoms with Crippen molar-refractivity contribution in [3.63, 3.8) is 0 Å². The van der Waals surface area contributed by atoms with Crippen molar-refractivity contribution in [2.24, 2.45) is 0 Å². The van der Waals surface area contributed by atoms with Crippen LogP contribution in [0.15, 0.2) is 50.6 Å². The Bertz CT molecular complexity index is 305. The van der Waals surface area contributed by atoms with Gasteiger partial charge in [-0.3, -0.25) is 0 Å². The van der Waals surface area contributed by atoms with Crippen molar-refractivity contribution in [1.82, 2.24) is 9.80 Å². The average Bonchev–Trinajstić information content (AvgIpc) is 2.38. The topological polar surface area (TPSA) is 6.48 Å². The van der Waals surface area contributed by atoms with Crippen LogP contribution in [0.2, 0.25) is 0 Å². The summed E-state index contributed by atoms with van der Waals surface area (Å²) in [6.45, 7) is 17.1. The minimum absolute atomic E-state index is 0. The second-order valence-electron chi connectivity index (χ2n) is 3.50. The van der Waals surface area contributed by atoms with Crippen LogP contribution in [0.3, 0.4) is 0 Å². The summed E-state index contributed by atoms with van der Waals surface area (Å²) in [5.74, 6) is 0. The zero-order valence-corrected chi connectivity index (χ0v) is 18.4. The second kappa shape index (κ2) is 17.9. The largest absolute Gasteiger partial charge is 0.411 e. The van der Waals surface area contributed by atoms with Gasteiger partial charge in [0.2, 0.25) is 0 Å². The van der Waals surface area contributed by atoms with Crippen LogP contribution in [0.25, 0.3) is 0 Å². The normalized spacial score (nSPS) is 8.00. The Kier molecular flexibility index (Phi) is 21.9. The van der Waals surface area contributed by atoms with Crippen molar-refractivity contribution in [3.8, 4) is 0 Å². The zero-order chi connectivity index (χ0) is 16.0. The second-order valence-corrected chi connectivity index (χ2v) is 5.56. The van der Waals surface area contributed by atoms with Crippen LogP contribution < -0.4 is 0 Å². The van der Waals surface area contributed by atoms with E-state index in [1.165, 1.54) is 0 Å². The van der Waals surface area contributed by atoms with Gasteiger partial charge in [0.25, 0.3) is 0 Å². The van der Waals surface area contributed by atoms with Crippen molar-refractivity contribution >= 4 is 58.3 Å². The molecule has 0 fully saturated rings. The van der Waals surface area contributed by atoms with E-state index in [4.69, 9.17) is 49.7 Å². The molecule has 114 valence electrons. The third-order valence-electron chi connectivity index (χ3n) is 1.91. The fourth-order valence-corrected chi connectivity index (χ4v) is 1.67. The molecule has 0 aromatic carbocycles. The minimum atomic E-state index is 0. The van der Waals surface area contributed by atoms with E-state index in [1.54, 1.807) is 24.3 Å². The molecule has 0 aromatic heterocycles. The molecule has 0 rings (SSSR count). The summed E-state index contributed by atoms with van der Waals surface area (Å²) in [7, 11) is 0. The van der Waals surface area contributed by atoms with Crippen LogP contribution in [-0.4, -0.2) is 44.6 Å². The maximum absolute atomic E-state index is 4.79. The fourth-order valence-electron chi connectivity index (χ4n) is 1.07. The number of rotatable bonds is 8. The minimum Gasteiger partial charge on any atom is -0.411 e. The van der Waals surface area contributed by atoms with Crippen LogP contribution in [0, 0.1) is 0 Å². The molecular formula is C14H20N2S4Zn-2. The summed E-state index contributed by atoms with van der Waals surface area (Å²) in [5, 5.41) is 0. The Morgan fingerprint density at radius 2 is 0.905 bits per heavy atom. The molecule has 0 aliphatic carbocycles. The van der Waals surface area contributed by atoms with E-state index < -0.39 is 0 Å². The van der Waals surface area contributed by atoms with Crippen molar-refractivity contribution in [2.45, 2.75) is 0 Å². The van der Waals surface area contributed by atoms with Crippen LogP contribution in [0.5, 0.6) is 0 Å². The van der Waals surface area contributed by atoms with E-state index in [2.05, 4.69) is 26.3 Å². The molecule has 0 unspecified atom stereocenters. The molecule has 0 bridgehead atoms. The molecule has 0 aliphatic heterocycles. The Labute approximate surface area is 163 Å². The molecule has 0 radical (unpaired) electrons. The third-order valence-corrected chi connectivity index (χ3v) is 2.95. The molecule has 21 heavy (non-hydrogen) atoms. The van der Waals surface area contributed by atoms with E-state index in [0.717, 1.165) is 0 Å². The predicted molar refractivity (Wildman–Crippen MR) is 104 cm³/mol. The number of thiocarbonyl (C=S) groups is 2. The third kappa shape index (κ3) is 16.0. The monoisotopic (exact) mass is 408 g/mol. The first kappa shape index (κ1) is 25.7. The summed E-state index contributed by atoms with van der Waals surface area (Å²) < 4.78 is 0.944. The van der Waals surface area contributed by atoms with Gasteiger partial charge in [0.1, 0.15) is 0 Å². The Hall–Kier alpha value is -0.197. The van der Waals surface area contributed by atoms with E-state index in [1.807, 2.05) is 9.80 Å². The van der Waals surface area contributed by atoms with Gasteiger partial charge >= 0.3 is 0 Å². The molecule has 0 aromatic rings. The predicted octanol–water partition coefficient (Wildman–Crippen LogP) is 2.98. The summed E-state index contributed by atoms with van der Waals surface area (Å²) in [5.41, 5.74) is 0. The van der Waals surface area contributed by atoms with Crippen molar-refractivity contribution in [2.75, 3.05) is 26.2 Å². The smallest absolute Gasteiger partial charge is 0.0344 e. The summed E-state index contributed by atoms with van der Waals surface area (Å²) in [4.78, 5) is 3.68. The van der Waals surface area contributed by atoms with E-state index in [9.17, 15) is 0 Å². The van der Waals surface area contributed by atoms with Gasteiger partial charge in [-0.1, -0.05) is 32.9 Å². The Morgan fingerprint density at radius 1 is 0.714 bits per heavy atom. The maximum atomic E-state index is 4.79. The van der Waals surface area contributed by atoms with E-state index in [-0.39, 0.29) is 19.5 Å². The summed E-state index contributed by atoms with van der Waals surface area (Å²) in [6, 6.07) is 0. The molecule has 2 nitrogen and oxygen atoms in total. The van der Waals surface area contributed by atoms with Crippen molar-refractivity contribution < 1.29 is 19.5 Å². The van der Waals surface area contributed by atoms with Gasteiger partial charge in [-0.25, -0.2) is 0 Å². The molecule has 0 heterocycles.